The Kier molecular flexibility index (Phi) is 4.73. The van der Waals surface area contributed by atoms with Gasteiger partial charge in [-0.3, -0.25) is 0 Å². The highest BCUT2D eigenvalue weighted by molar-refractivity contribution is 5.89. The van der Waals surface area contributed by atoms with Crippen LogP contribution in [0.3, 0.4) is 0 Å². The van der Waals surface area contributed by atoms with Crippen LogP contribution in [0.2, 0.25) is 0 Å². The molecule has 2 aliphatic rings. The van der Waals surface area contributed by atoms with Crippen molar-refractivity contribution < 1.29 is 13.2 Å². The number of hydrogen-bond acceptors (Lipinski definition) is 4. The summed E-state index contributed by atoms with van der Waals surface area (Å²) in [7, 11) is 0. The summed E-state index contributed by atoms with van der Waals surface area (Å²) in [4.78, 5) is 10.4. The van der Waals surface area contributed by atoms with Gasteiger partial charge in [0, 0.05) is 24.7 Å². The first-order chi connectivity index (χ1) is 12.5. The second kappa shape index (κ2) is 7.02. The second-order valence-electron chi connectivity index (χ2n) is 7.43. The minimum Gasteiger partial charge on any atom is -0.356 e. The van der Waals surface area contributed by atoms with E-state index in [0.717, 1.165) is 56.8 Å². The van der Waals surface area contributed by atoms with E-state index in [1.165, 1.54) is 18.9 Å². The third-order valence-electron chi connectivity index (χ3n) is 5.36. The summed E-state index contributed by atoms with van der Waals surface area (Å²) in [6.07, 6.45) is 2.00. The first-order valence-corrected chi connectivity index (χ1v) is 9.29. The first kappa shape index (κ1) is 17.5. The lowest BCUT2D eigenvalue weighted by Crippen LogP contribution is -2.38. The molecule has 0 radical (unpaired) electrons. The molecule has 2 fully saturated rings. The minimum absolute atomic E-state index is 0.345. The van der Waals surface area contributed by atoms with Crippen molar-refractivity contribution in [1.82, 2.24) is 15.3 Å². The number of fused-ring (bicyclic) bond motifs is 1. The van der Waals surface area contributed by atoms with Crippen molar-refractivity contribution in [2.45, 2.75) is 31.9 Å². The number of hydrogen-bond donors (Lipinski definition) is 1. The molecule has 0 aromatic carbocycles. The van der Waals surface area contributed by atoms with Gasteiger partial charge in [-0.25, -0.2) is 9.97 Å². The topological polar surface area (TPSA) is 41.0 Å². The van der Waals surface area contributed by atoms with Crippen molar-refractivity contribution >= 4 is 16.7 Å². The predicted molar refractivity (Wildman–Crippen MR) is 95.1 cm³/mol. The molecule has 4 rings (SSSR count). The van der Waals surface area contributed by atoms with E-state index in [9.17, 15) is 13.2 Å². The van der Waals surface area contributed by atoms with E-state index < -0.39 is 11.9 Å². The van der Waals surface area contributed by atoms with Gasteiger partial charge < -0.3 is 10.2 Å². The lowest BCUT2D eigenvalue weighted by atomic mass is 9.96. The monoisotopic (exact) mass is 364 g/mol. The molecule has 0 spiro atoms. The molecular formula is C19H23F3N4. The van der Waals surface area contributed by atoms with Crippen LogP contribution in [0.4, 0.5) is 19.0 Å². The van der Waals surface area contributed by atoms with Gasteiger partial charge in [0.25, 0.3) is 0 Å². The quantitative estimate of drug-likeness (QED) is 0.875. The molecule has 0 amide bonds. The Balaban J connectivity index is 1.43. The Morgan fingerprint density at radius 2 is 1.69 bits per heavy atom. The zero-order valence-corrected chi connectivity index (χ0v) is 14.6. The predicted octanol–water partition coefficient (Wildman–Crippen LogP) is 3.86. The summed E-state index contributed by atoms with van der Waals surface area (Å²) >= 11 is 0. The van der Waals surface area contributed by atoms with Crippen LogP contribution in [0.1, 0.15) is 31.4 Å². The van der Waals surface area contributed by atoms with Gasteiger partial charge in [0.05, 0.1) is 5.52 Å². The highest BCUT2D eigenvalue weighted by Crippen LogP contribution is 2.32. The number of nitrogens with zero attached hydrogens (tertiary/aromatic N) is 3. The van der Waals surface area contributed by atoms with Gasteiger partial charge in [0.15, 0.2) is 0 Å². The fourth-order valence-corrected chi connectivity index (χ4v) is 3.61. The van der Waals surface area contributed by atoms with Crippen LogP contribution < -0.4 is 10.2 Å². The molecule has 1 N–H and O–H groups in total. The van der Waals surface area contributed by atoms with Gasteiger partial charge >= 0.3 is 6.18 Å². The van der Waals surface area contributed by atoms with Gasteiger partial charge in [-0.15, -0.1) is 0 Å². The van der Waals surface area contributed by atoms with Crippen molar-refractivity contribution in [1.29, 1.82) is 0 Å². The third kappa shape index (κ3) is 3.92. The molecule has 2 aromatic rings. The number of nitrogens with one attached hydrogen (secondary N) is 1. The smallest absolute Gasteiger partial charge is 0.356 e. The van der Waals surface area contributed by atoms with E-state index in [4.69, 9.17) is 0 Å². The maximum Gasteiger partial charge on any atom is 0.433 e. The number of rotatable bonds is 5. The number of pyridine rings is 2. The van der Waals surface area contributed by atoms with Gasteiger partial charge in [0.1, 0.15) is 11.5 Å². The highest BCUT2D eigenvalue weighted by Gasteiger charge is 2.33. The maximum absolute atomic E-state index is 12.9. The normalized spacial score (nSPS) is 19.3. The fraction of sp³-hybridized carbons (Fsp3) is 0.579. The van der Waals surface area contributed by atoms with E-state index in [0.29, 0.717) is 16.8 Å². The summed E-state index contributed by atoms with van der Waals surface area (Å²) in [5, 5.41) is 4.26. The number of alkyl halides is 3. The largest absolute Gasteiger partial charge is 0.433 e. The molecule has 7 heteroatoms. The van der Waals surface area contributed by atoms with Crippen molar-refractivity contribution in [2.24, 2.45) is 11.8 Å². The zero-order valence-electron chi connectivity index (χ0n) is 14.6. The van der Waals surface area contributed by atoms with E-state index in [2.05, 4.69) is 20.2 Å². The molecule has 1 saturated heterocycles. The lowest BCUT2D eigenvalue weighted by molar-refractivity contribution is -0.140. The van der Waals surface area contributed by atoms with Crippen LogP contribution in [0.5, 0.6) is 0 Å². The van der Waals surface area contributed by atoms with Crippen LogP contribution in [0, 0.1) is 11.8 Å². The third-order valence-corrected chi connectivity index (χ3v) is 5.36. The van der Waals surface area contributed by atoms with Crippen molar-refractivity contribution in [3.05, 3.63) is 30.1 Å². The molecule has 1 aliphatic heterocycles. The molecule has 140 valence electrons. The van der Waals surface area contributed by atoms with E-state index in [1.54, 1.807) is 12.3 Å². The molecule has 1 aliphatic carbocycles. The number of anilines is 1. The maximum atomic E-state index is 12.9. The van der Waals surface area contributed by atoms with Gasteiger partial charge in [-0.05, 0) is 68.8 Å². The van der Waals surface area contributed by atoms with Gasteiger partial charge in [0.2, 0.25) is 0 Å². The Morgan fingerprint density at radius 1 is 1.00 bits per heavy atom. The first-order valence-electron chi connectivity index (χ1n) is 9.29. The SMILES string of the molecule is FC(F)(F)c1ccc2c(N3CCC(CNCC4CC4)CC3)nccc2n1. The van der Waals surface area contributed by atoms with E-state index >= 15 is 0 Å². The van der Waals surface area contributed by atoms with Gasteiger partial charge in [-0.1, -0.05) is 0 Å². The fourth-order valence-electron chi connectivity index (χ4n) is 3.61. The Morgan fingerprint density at radius 3 is 2.35 bits per heavy atom. The molecule has 0 bridgehead atoms. The molecule has 3 heterocycles. The van der Waals surface area contributed by atoms with Crippen molar-refractivity contribution in [3.8, 4) is 0 Å². The highest BCUT2D eigenvalue weighted by atomic mass is 19.4. The van der Waals surface area contributed by atoms with Crippen molar-refractivity contribution in [3.63, 3.8) is 0 Å². The summed E-state index contributed by atoms with van der Waals surface area (Å²) < 4.78 is 38.6. The van der Waals surface area contributed by atoms with Crippen LogP contribution in [0.25, 0.3) is 10.9 Å². The Bertz CT molecular complexity index is 765. The van der Waals surface area contributed by atoms with Crippen molar-refractivity contribution in [2.75, 3.05) is 31.1 Å². The number of halogens is 3. The van der Waals surface area contributed by atoms with Crippen LogP contribution in [0.15, 0.2) is 24.4 Å². The summed E-state index contributed by atoms with van der Waals surface area (Å²) in [5.41, 5.74) is -0.513. The number of piperidine rings is 1. The molecule has 4 nitrogen and oxygen atoms in total. The summed E-state index contributed by atoms with van der Waals surface area (Å²) in [5.74, 6) is 2.30. The molecule has 0 unspecified atom stereocenters. The summed E-state index contributed by atoms with van der Waals surface area (Å²) in [6.45, 7) is 3.95. The minimum atomic E-state index is -4.43. The molecular weight excluding hydrogens is 341 g/mol. The molecule has 0 atom stereocenters. The van der Waals surface area contributed by atoms with Crippen LogP contribution in [-0.4, -0.2) is 36.1 Å². The number of aromatic nitrogens is 2. The van der Waals surface area contributed by atoms with Crippen LogP contribution >= 0.6 is 0 Å². The standard InChI is InChI=1S/C19H23F3N4/c20-19(21,22)17-4-3-15-16(25-17)5-8-24-18(15)26-9-6-14(7-10-26)12-23-11-13-1-2-13/h3-5,8,13-14,23H,1-2,6-7,9-12H2. The zero-order chi connectivity index (χ0) is 18.1. The van der Waals surface area contributed by atoms with Gasteiger partial charge in [-0.2, -0.15) is 13.2 Å². The Labute approximate surface area is 150 Å². The second-order valence-corrected chi connectivity index (χ2v) is 7.43. The average Bonchev–Trinajstić information content (AvgIpc) is 3.45. The lowest BCUT2D eigenvalue weighted by Gasteiger charge is -2.33. The molecule has 1 saturated carbocycles. The van der Waals surface area contributed by atoms with E-state index in [1.807, 2.05) is 0 Å². The molecule has 2 aromatic heterocycles. The average molecular weight is 364 g/mol. The summed E-state index contributed by atoms with van der Waals surface area (Å²) in [6, 6.07) is 4.08. The molecule has 26 heavy (non-hydrogen) atoms. The van der Waals surface area contributed by atoms with Crippen LogP contribution in [-0.2, 0) is 6.18 Å². The Hall–Kier alpha value is -1.89. The van der Waals surface area contributed by atoms with E-state index in [-0.39, 0.29) is 0 Å².